The number of para-hydroxylation sites is 2. The number of aliphatic imine (C=N–C) groups is 1. The number of hydrogen-bond acceptors (Lipinski definition) is 10. The van der Waals surface area contributed by atoms with Gasteiger partial charge in [0.15, 0.2) is 23.0 Å². The summed E-state index contributed by atoms with van der Waals surface area (Å²) in [6.07, 6.45) is 4.71. The summed E-state index contributed by atoms with van der Waals surface area (Å²) in [5.74, 6) is 0.611. The first-order valence-electron chi connectivity index (χ1n) is 9.93. The van der Waals surface area contributed by atoms with Crippen molar-refractivity contribution in [1.29, 1.82) is 0 Å². The second kappa shape index (κ2) is 12.7. The van der Waals surface area contributed by atoms with Crippen LogP contribution in [0, 0.1) is 0 Å². The van der Waals surface area contributed by atoms with Crippen molar-refractivity contribution in [3.63, 3.8) is 0 Å². The van der Waals surface area contributed by atoms with Crippen LogP contribution in [0.15, 0.2) is 51.6 Å². The first kappa shape index (κ1) is 23.6. The summed E-state index contributed by atoms with van der Waals surface area (Å²) in [6.45, 7) is 2.04. The molecule has 0 fully saturated rings. The highest BCUT2D eigenvalue weighted by molar-refractivity contribution is 8.13. The Morgan fingerprint density at radius 3 is 1.84 bits per heavy atom. The van der Waals surface area contributed by atoms with E-state index in [4.69, 9.17) is 18.9 Å². The third-order valence-corrected chi connectivity index (χ3v) is 4.79. The standard InChI is InChI=1S/C22H25N3O6S/c1-32-22-23-14-16-4-2-6-18(20(16)26)30-12-10-28-8-9-29-11-13-31-19-7-3-5-17(21(19)27)15-24-25-22/h2-7,14-15,26-27H,8-13H2,1H3/b23-14+,24-15-,25-22-. The topological polar surface area (TPSA) is 114 Å². The minimum atomic E-state index is -0.0344. The fourth-order valence-electron chi connectivity index (χ4n) is 2.65. The lowest BCUT2D eigenvalue weighted by Gasteiger charge is -2.11. The van der Waals surface area contributed by atoms with Gasteiger partial charge in [-0.1, -0.05) is 23.9 Å². The number of phenolic OH excluding ortho intramolecular Hbond substituents is 2. The molecule has 0 amide bonds. The Balaban J connectivity index is 1.83. The van der Waals surface area contributed by atoms with Crippen LogP contribution in [0.25, 0.3) is 0 Å². The van der Waals surface area contributed by atoms with E-state index in [1.807, 2.05) is 6.26 Å². The van der Waals surface area contributed by atoms with E-state index in [1.54, 1.807) is 36.4 Å². The molecule has 32 heavy (non-hydrogen) atoms. The molecular formula is C22H25N3O6S. The Labute approximate surface area is 190 Å². The molecular weight excluding hydrogens is 434 g/mol. The molecule has 0 spiro atoms. The van der Waals surface area contributed by atoms with E-state index in [9.17, 15) is 10.2 Å². The number of nitrogens with zero attached hydrogens (tertiary/aromatic N) is 3. The number of amidine groups is 1. The molecule has 1 aliphatic rings. The minimum absolute atomic E-state index is 0.0209. The molecule has 1 heterocycles. The van der Waals surface area contributed by atoms with Gasteiger partial charge in [0.2, 0.25) is 5.17 Å². The number of fused-ring (bicyclic) bond motifs is 4. The van der Waals surface area contributed by atoms with Crippen LogP contribution in [-0.2, 0) is 9.47 Å². The van der Waals surface area contributed by atoms with Crippen molar-refractivity contribution in [2.75, 3.05) is 45.9 Å². The summed E-state index contributed by atoms with van der Waals surface area (Å²) in [6, 6.07) is 10.2. The van der Waals surface area contributed by atoms with Gasteiger partial charge in [0.25, 0.3) is 0 Å². The van der Waals surface area contributed by atoms with Crippen LogP contribution in [0.5, 0.6) is 23.0 Å². The molecule has 0 saturated heterocycles. The van der Waals surface area contributed by atoms with Crippen molar-refractivity contribution < 1.29 is 29.2 Å². The molecule has 2 aromatic carbocycles. The van der Waals surface area contributed by atoms with E-state index in [0.29, 0.717) is 54.2 Å². The van der Waals surface area contributed by atoms with Crippen LogP contribution < -0.4 is 9.47 Å². The third-order valence-electron chi connectivity index (χ3n) is 4.24. The molecule has 0 atom stereocenters. The van der Waals surface area contributed by atoms with Gasteiger partial charge in [-0.15, -0.1) is 5.10 Å². The second-order valence-electron chi connectivity index (χ2n) is 6.40. The molecule has 170 valence electrons. The third kappa shape index (κ3) is 6.98. The van der Waals surface area contributed by atoms with Gasteiger partial charge in [0.05, 0.1) is 32.6 Å². The van der Waals surface area contributed by atoms with E-state index >= 15 is 0 Å². The Morgan fingerprint density at radius 2 is 1.28 bits per heavy atom. The van der Waals surface area contributed by atoms with Crippen molar-refractivity contribution in [3.05, 3.63) is 47.5 Å². The second-order valence-corrected chi connectivity index (χ2v) is 7.17. The lowest BCUT2D eigenvalue weighted by atomic mass is 10.2. The number of hydrogen-bond donors (Lipinski definition) is 2. The van der Waals surface area contributed by atoms with E-state index in [2.05, 4.69) is 15.2 Å². The fraction of sp³-hybridized carbons (Fsp3) is 0.318. The van der Waals surface area contributed by atoms with Crippen molar-refractivity contribution >= 4 is 29.4 Å². The molecule has 2 aromatic rings. The minimum Gasteiger partial charge on any atom is -0.504 e. The van der Waals surface area contributed by atoms with Crippen LogP contribution in [-0.4, -0.2) is 73.7 Å². The van der Waals surface area contributed by atoms with Crippen LogP contribution >= 0.6 is 11.8 Å². The van der Waals surface area contributed by atoms with Gasteiger partial charge in [-0.25, -0.2) is 4.99 Å². The van der Waals surface area contributed by atoms with Gasteiger partial charge in [0.1, 0.15) is 13.2 Å². The van der Waals surface area contributed by atoms with E-state index in [0.717, 1.165) is 0 Å². The lowest BCUT2D eigenvalue weighted by molar-refractivity contribution is 0.0269. The molecule has 4 bridgehead atoms. The molecule has 0 aliphatic carbocycles. The van der Waals surface area contributed by atoms with E-state index < -0.39 is 0 Å². The Bertz CT molecular complexity index is 980. The molecule has 0 saturated carbocycles. The predicted molar refractivity (Wildman–Crippen MR) is 125 cm³/mol. The van der Waals surface area contributed by atoms with Crippen LogP contribution in [0.2, 0.25) is 0 Å². The highest BCUT2D eigenvalue weighted by Gasteiger charge is 2.08. The summed E-state index contributed by atoms with van der Waals surface area (Å²) >= 11 is 1.29. The summed E-state index contributed by atoms with van der Waals surface area (Å²) in [7, 11) is 0. The van der Waals surface area contributed by atoms with Gasteiger partial charge in [0, 0.05) is 17.3 Å². The normalized spacial score (nSPS) is 19.7. The van der Waals surface area contributed by atoms with Crippen molar-refractivity contribution in [2.24, 2.45) is 15.2 Å². The maximum absolute atomic E-state index is 10.4. The van der Waals surface area contributed by atoms with E-state index in [1.165, 1.54) is 24.2 Å². The van der Waals surface area contributed by atoms with Crippen LogP contribution in [0.4, 0.5) is 0 Å². The highest BCUT2D eigenvalue weighted by Crippen LogP contribution is 2.29. The summed E-state index contributed by atoms with van der Waals surface area (Å²) in [5, 5.41) is 29.3. The summed E-state index contributed by atoms with van der Waals surface area (Å²) < 4.78 is 22.1. The number of rotatable bonds is 0. The zero-order chi connectivity index (χ0) is 22.6. The molecule has 2 N–H and O–H groups in total. The fourth-order valence-corrected chi connectivity index (χ4v) is 2.93. The molecule has 0 unspecified atom stereocenters. The highest BCUT2D eigenvalue weighted by atomic mass is 32.2. The number of ether oxygens (including phenoxy) is 4. The van der Waals surface area contributed by atoms with Gasteiger partial charge in [-0.2, -0.15) is 5.10 Å². The van der Waals surface area contributed by atoms with Gasteiger partial charge < -0.3 is 29.2 Å². The first-order valence-corrected chi connectivity index (χ1v) is 11.2. The summed E-state index contributed by atoms with van der Waals surface area (Å²) in [4.78, 5) is 4.28. The Hall–Kier alpha value is -3.08. The quantitative estimate of drug-likeness (QED) is 0.622. The average Bonchev–Trinajstić information content (AvgIpc) is 2.80. The molecule has 10 heteroatoms. The number of aromatic hydroxyl groups is 2. The number of benzene rings is 2. The zero-order valence-electron chi connectivity index (χ0n) is 17.6. The maximum Gasteiger partial charge on any atom is 0.208 e. The van der Waals surface area contributed by atoms with Crippen molar-refractivity contribution in [3.8, 4) is 23.0 Å². The van der Waals surface area contributed by atoms with Crippen molar-refractivity contribution in [1.82, 2.24) is 0 Å². The van der Waals surface area contributed by atoms with Gasteiger partial charge in [-0.3, -0.25) is 0 Å². The Kier molecular flexibility index (Phi) is 9.36. The monoisotopic (exact) mass is 459 g/mol. The summed E-state index contributed by atoms with van der Waals surface area (Å²) in [5.41, 5.74) is 0.932. The van der Waals surface area contributed by atoms with Gasteiger partial charge in [-0.05, 0) is 30.5 Å². The van der Waals surface area contributed by atoms with Gasteiger partial charge >= 0.3 is 0 Å². The molecule has 0 aromatic heterocycles. The average molecular weight is 460 g/mol. The lowest BCUT2D eigenvalue weighted by Crippen LogP contribution is -2.13. The Morgan fingerprint density at radius 1 is 0.750 bits per heavy atom. The molecule has 1 aliphatic heterocycles. The zero-order valence-corrected chi connectivity index (χ0v) is 18.5. The predicted octanol–water partition coefficient (Wildman–Crippen LogP) is 3.07. The molecule has 0 radical (unpaired) electrons. The number of thioether (sulfide) groups is 1. The maximum atomic E-state index is 10.4. The van der Waals surface area contributed by atoms with Crippen molar-refractivity contribution in [2.45, 2.75) is 0 Å². The number of phenols is 2. The van der Waals surface area contributed by atoms with Crippen LogP contribution in [0.3, 0.4) is 0 Å². The van der Waals surface area contributed by atoms with Crippen LogP contribution in [0.1, 0.15) is 11.1 Å². The first-order chi connectivity index (χ1) is 15.7. The smallest absolute Gasteiger partial charge is 0.208 e. The largest absolute Gasteiger partial charge is 0.504 e. The molecule has 9 nitrogen and oxygen atoms in total. The van der Waals surface area contributed by atoms with E-state index in [-0.39, 0.29) is 24.7 Å². The SMILES string of the molecule is CSC1=N\N=C/c2cccc(c2O)OCCOCCOCCOc2cccc(c2O)\C=N\1. The molecule has 3 rings (SSSR count).